The van der Waals surface area contributed by atoms with Crippen LogP contribution in [0.5, 0.6) is 5.75 Å². The van der Waals surface area contributed by atoms with Crippen LogP contribution in [-0.4, -0.2) is 22.6 Å². The van der Waals surface area contributed by atoms with Gasteiger partial charge in [0.05, 0.1) is 7.11 Å². The topological polar surface area (TPSA) is 73.2 Å². The number of methoxy groups -OCH3 is 1. The maximum Gasteiger partial charge on any atom is 0.421 e. The quantitative estimate of drug-likeness (QED) is 0.931. The van der Waals surface area contributed by atoms with Gasteiger partial charge in [0, 0.05) is 12.4 Å². The van der Waals surface area contributed by atoms with Gasteiger partial charge >= 0.3 is 6.18 Å². The Morgan fingerprint density at radius 1 is 1.35 bits per heavy atom. The molecule has 0 fully saturated rings. The number of ether oxygens (including phenoxy) is 1. The number of hydrogen-bond donors (Lipinski definition) is 1. The van der Waals surface area contributed by atoms with Gasteiger partial charge in [-0.25, -0.2) is 4.98 Å². The number of hydrogen-bond acceptors (Lipinski definition) is 4. The molecule has 0 aliphatic carbocycles. The molecule has 0 aliphatic heterocycles. The van der Waals surface area contributed by atoms with Gasteiger partial charge in [-0.3, -0.25) is 9.59 Å². The molecule has 1 amide bonds. The van der Waals surface area contributed by atoms with E-state index in [1.807, 2.05) is 0 Å². The Bertz CT molecular complexity index is 772. The molecular weight excluding hydrogens is 315 g/mol. The minimum atomic E-state index is -4.78. The van der Waals surface area contributed by atoms with Gasteiger partial charge in [-0.15, -0.1) is 0 Å². The second kappa shape index (κ2) is 6.51. The lowest BCUT2D eigenvalue weighted by Gasteiger charge is -2.11. The van der Waals surface area contributed by atoms with E-state index in [1.54, 1.807) is 12.1 Å². The summed E-state index contributed by atoms with van der Waals surface area (Å²) < 4.78 is 43.7. The van der Waals surface area contributed by atoms with E-state index in [-0.39, 0.29) is 11.6 Å². The van der Waals surface area contributed by atoms with Gasteiger partial charge in [-0.2, -0.15) is 13.2 Å². The van der Waals surface area contributed by atoms with E-state index in [0.29, 0.717) is 10.6 Å². The minimum absolute atomic E-state index is 0.111. The zero-order chi connectivity index (χ0) is 17.0. The minimum Gasteiger partial charge on any atom is -0.493 e. The maximum absolute atomic E-state index is 12.7. The van der Waals surface area contributed by atoms with Crippen LogP contribution in [0.15, 0.2) is 41.5 Å². The summed E-state index contributed by atoms with van der Waals surface area (Å²) in [5.74, 6) is -0.305. The first-order valence-corrected chi connectivity index (χ1v) is 6.38. The first-order valence-electron chi connectivity index (χ1n) is 6.38. The molecule has 9 heteroatoms. The number of amides is 1. The third kappa shape index (κ3) is 3.87. The molecule has 6 nitrogen and oxygen atoms in total. The number of rotatable bonds is 4. The molecule has 0 radical (unpaired) electrons. The van der Waals surface area contributed by atoms with Crippen LogP contribution in [0.2, 0.25) is 0 Å². The second-order valence-electron chi connectivity index (χ2n) is 4.46. The summed E-state index contributed by atoms with van der Waals surface area (Å²) in [7, 11) is 1.38. The Balaban J connectivity index is 2.20. The average Bonchev–Trinajstić information content (AvgIpc) is 2.48. The fourth-order valence-corrected chi connectivity index (χ4v) is 1.85. The molecule has 0 spiro atoms. The summed E-state index contributed by atoms with van der Waals surface area (Å²) in [6, 6.07) is 4.86. The number of nitrogens with one attached hydrogen (secondary N) is 1. The van der Waals surface area contributed by atoms with Crippen molar-refractivity contribution in [2.75, 3.05) is 12.4 Å². The molecule has 0 bridgehead atoms. The summed E-state index contributed by atoms with van der Waals surface area (Å²) in [6.45, 7) is -0.581. The lowest BCUT2D eigenvalue weighted by molar-refractivity contribution is -0.139. The highest BCUT2D eigenvalue weighted by atomic mass is 19.4. The third-order valence-electron chi connectivity index (χ3n) is 2.89. The van der Waals surface area contributed by atoms with Crippen molar-refractivity contribution in [2.24, 2.45) is 0 Å². The molecular formula is C14H12F3N3O3. The van der Waals surface area contributed by atoms with E-state index in [4.69, 9.17) is 4.74 Å². The van der Waals surface area contributed by atoms with Gasteiger partial charge in [-0.1, -0.05) is 0 Å². The Kier molecular flexibility index (Phi) is 4.68. The van der Waals surface area contributed by atoms with Gasteiger partial charge in [0.25, 0.3) is 5.56 Å². The van der Waals surface area contributed by atoms with Crippen molar-refractivity contribution in [3.05, 3.63) is 52.6 Å². The Hall–Kier alpha value is -2.84. The zero-order valence-corrected chi connectivity index (χ0v) is 11.9. The molecule has 2 aromatic rings. The lowest BCUT2D eigenvalue weighted by Crippen LogP contribution is -2.32. The van der Waals surface area contributed by atoms with Gasteiger partial charge in [0.2, 0.25) is 5.91 Å². The highest BCUT2D eigenvalue weighted by Crippen LogP contribution is 2.26. The predicted molar refractivity (Wildman–Crippen MR) is 75.1 cm³/mol. The number of anilines is 1. The van der Waals surface area contributed by atoms with E-state index in [9.17, 15) is 22.8 Å². The molecule has 0 saturated carbocycles. The molecule has 1 N–H and O–H groups in total. The summed E-state index contributed by atoms with van der Waals surface area (Å²) in [6.07, 6.45) is -2.26. The van der Waals surface area contributed by atoms with Crippen LogP contribution >= 0.6 is 0 Å². The molecule has 2 aromatic heterocycles. The van der Waals surface area contributed by atoms with E-state index in [2.05, 4.69) is 10.3 Å². The number of carbonyl (C=O) groups excluding carboxylic acids is 1. The summed E-state index contributed by atoms with van der Waals surface area (Å²) in [4.78, 5) is 27.6. The van der Waals surface area contributed by atoms with Gasteiger partial charge in [-0.05, 0) is 24.3 Å². The summed E-state index contributed by atoms with van der Waals surface area (Å²) >= 11 is 0. The van der Waals surface area contributed by atoms with Crippen LogP contribution in [0.3, 0.4) is 0 Å². The second-order valence-corrected chi connectivity index (χ2v) is 4.46. The largest absolute Gasteiger partial charge is 0.493 e. The summed E-state index contributed by atoms with van der Waals surface area (Å²) in [5, 5.41) is 2.38. The van der Waals surface area contributed by atoms with Gasteiger partial charge in [0.15, 0.2) is 11.6 Å². The molecule has 122 valence electrons. The van der Waals surface area contributed by atoms with Crippen LogP contribution in [0.1, 0.15) is 5.56 Å². The van der Waals surface area contributed by atoms with E-state index in [0.717, 1.165) is 12.3 Å². The van der Waals surface area contributed by atoms with Crippen molar-refractivity contribution in [2.45, 2.75) is 12.7 Å². The number of nitrogens with zero attached hydrogens (tertiary/aromatic N) is 2. The zero-order valence-electron chi connectivity index (χ0n) is 11.9. The smallest absolute Gasteiger partial charge is 0.421 e. The molecule has 0 aliphatic rings. The van der Waals surface area contributed by atoms with Crippen LogP contribution in [0.25, 0.3) is 0 Å². The lowest BCUT2D eigenvalue weighted by atomic mass is 10.2. The molecule has 0 unspecified atom stereocenters. The Labute approximate surface area is 128 Å². The number of pyridine rings is 2. The molecule has 23 heavy (non-hydrogen) atoms. The van der Waals surface area contributed by atoms with Crippen LogP contribution in [0.4, 0.5) is 19.0 Å². The first-order chi connectivity index (χ1) is 10.8. The van der Waals surface area contributed by atoms with Gasteiger partial charge in [0.1, 0.15) is 12.1 Å². The Morgan fingerprint density at radius 2 is 2.09 bits per heavy atom. The first kappa shape index (κ1) is 16.5. The maximum atomic E-state index is 12.7. The number of halogens is 3. The predicted octanol–water partition coefficient (Wildman–Crippen LogP) is 1.91. The molecule has 2 heterocycles. The third-order valence-corrected chi connectivity index (χ3v) is 2.89. The SMILES string of the molecule is COc1cccnc1NC(=O)Cn1cccc(C(F)(F)F)c1=O. The number of alkyl halides is 3. The van der Waals surface area contributed by atoms with Crippen molar-refractivity contribution in [1.29, 1.82) is 0 Å². The van der Waals surface area contributed by atoms with Crippen LogP contribution < -0.4 is 15.6 Å². The molecule has 0 atom stereocenters. The number of aromatic nitrogens is 2. The fraction of sp³-hybridized carbons (Fsp3) is 0.214. The fourth-order valence-electron chi connectivity index (χ4n) is 1.85. The monoisotopic (exact) mass is 327 g/mol. The van der Waals surface area contributed by atoms with Gasteiger partial charge < -0.3 is 14.6 Å². The van der Waals surface area contributed by atoms with Crippen molar-refractivity contribution >= 4 is 11.7 Å². The standard InChI is InChI=1S/C14H12F3N3O3/c1-23-10-5-2-6-18-12(10)19-11(21)8-20-7-3-4-9(13(20)22)14(15,16)17/h2-7H,8H2,1H3,(H,18,19,21). The normalized spacial score (nSPS) is 11.1. The van der Waals surface area contributed by atoms with E-state index in [1.165, 1.54) is 13.3 Å². The molecule has 0 saturated heterocycles. The van der Waals surface area contributed by atoms with E-state index < -0.39 is 29.8 Å². The molecule has 0 aromatic carbocycles. The van der Waals surface area contributed by atoms with Crippen molar-refractivity contribution in [3.63, 3.8) is 0 Å². The van der Waals surface area contributed by atoms with Crippen molar-refractivity contribution < 1.29 is 22.7 Å². The van der Waals surface area contributed by atoms with Crippen molar-refractivity contribution in [1.82, 2.24) is 9.55 Å². The average molecular weight is 327 g/mol. The Morgan fingerprint density at radius 3 is 2.74 bits per heavy atom. The van der Waals surface area contributed by atoms with E-state index >= 15 is 0 Å². The van der Waals surface area contributed by atoms with Crippen LogP contribution in [0, 0.1) is 0 Å². The summed E-state index contributed by atoms with van der Waals surface area (Å²) in [5.41, 5.74) is -2.62. The highest BCUT2D eigenvalue weighted by molar-refractivity contribution is 5.90. The van der Waals surface area contributed by atoms with Crippen LogP contribution in [-0.2, 0) is 17.5 Å². The highest BCUT2D eigenvalue weighted by Gasteiger charge is 2.34. The van der Waals surface area contributed by atoms with Crippen molar-refractivity contribution in [3.8, 4) is 5.75 Å². The molecule has 2 rings (SSSR count). The number of carbonyl (C=O) groups is 1.